The van der Waals surface area contributed by atoms with Crippen molar-refractivity contribution in [3.8, 4) is 5.75 Å². The number of alkyl halides is 2. The predicted octanol–water partition coefficient (Wildman–Crippen LogP) is 3.47. The lowest BCUT2D eigenvalue weighted by atomic mass is 10.2. The molecule has 0 atom stereocenters. The lowest BCUT2D eigenvalue weighted by Gasteiger charge is -2.11. The Morgan fingerprint density at radius 2 is 1.61 bits per heavy atom. The summed E-state index contributed by atoms with van der Waals surface area (Å²) >= 11 is 0. The topological polar surface area (TPSA) is 36.2 Å². The van der Waals surface area contributed by atoms with Gasteiger partial charge in [0.1, 0.15) is 5.75 Å². The summed E-state index contributed by atoms with van der Waals surface area (Å²) in [5, 5.41) is 0. The number of ether oxygens (including phenoxy) is 1. The first kappa shape index (κ1) is 15.3. The van der Waals surface area contributed by atoms with Crippen molar-refractivity contribution in [2.24, 2.45) is 0 Å². The highest BCUT2D eigenvalue weighted by atomic mass is 19.3. The summed E-state index contributed by atoms with van der Waals surface area (Å²) in [7, 11) is 0. The molecule has 3 rings (SSSR count). The van der Waals surface area contributed by atoms with E-state index in [4.69, 9.17) is 0 Å². The largest absolute Gasteiger partial charge is 0.434 e. The molecule has 23 heavy (non-hydrogen) atoms. The normalized spacial score (nSPS) is 11.3. The van der Waals surface area contributed by atoms with Crippen LogP contribution in [0.5, 0.6) is 5.75 Å². The van der Waals surface area contributed by atoms with Gasteiger partial charge in [0.15, 0.2) is 0 Å². The van der Waals surface area contributed by atoms with Gasteiger partial charge in [0.05, 0.1) is 17.6 Å². The zero-order chi connectivity index (χ0) is 16.4. The van der Waals surface area contributed by atoms with E-state index in [0.29, 0.717) is 12.1 Å². The van der Waals surface area contributed by atoms with Crippen molar-refractivity contribution in [1.82, 2.24) is 9.13 Å². The zero-order valence-electron chi connectivity index (χ0n) is 12.6. The van der Waals surface area contributed by atoms with Crippen LogP contribution in [0.2, 0.25) is 0 Å². The van der Waals surface area contributed by atoms with Crippen LogP contribution in [0.15, 0.2) is 53.3 Å². The van der Waals surface area contributed by atoms with Crippen LogP contribution >= 0.6 is 0 Å². The molecule has 0 unspecified atom stereocenters. The minimum Gasteiger partial charge on any atom is -0.434 e. The molecular formula is C17H16F2N2O2. The SMILES string of the molecule is CCn1c(=O)n(Cc2ccccc2OC(F)F)c2ccccc21. The first-order chi connectivity index (χ1) is 11.1. The second-order valence-electron chi connectivity index (χ2n) is 5.09. The van der Waals surface area contributed by atoms with E-state index in [2.05, 4.69) is 4.74 Å². The Kier molecular flexibility index (Phi) is 4.14. The molecule has 0 N–H and O–H groups in total. The molecule has 0 fully saturated rings. The van der Waals surface area contributed by atoms with Gasteiger partial charge >= 0.3 is 12.3 Å². The molecule has 3 aromatic rings. The van der Waals surface area contributed by atoms with Crippen LogP contribution < -0.4 is 10.4 Å². The lowest BCUT2D eigenvalue weighted by Crippen LogP contribution is -2.24. The minimum absolute atomic E-state index is 0.0859. The van der Waals surface area contributed by atoms with Crippen LogP contribution in [0.1, 0.15) is 12.5 Å². The average molecular weight is 318 g/mol. The number of nitrogens with zero attached hydrogens (tertiary/aromatic N) is 2. The number of hydrogen-bond acceptors (Lipinski definition) is 2. The third-order valence-electron chi connectivity index (χ3n) is 3.76. The third kappa shape index (κ3) is 2.84. The van der Waals surface area contributed by atoms with Crippen molar-refractivity contribution in [1.29, 1.82) is 0 Å². The van der Waals surface area contributed by atoms with E-state index >= 15 is 0 Å². The highest BCUT2D eigenvalue weighted by Crippen LogP contribution is 2.22. The van der Waals surface area contributed by atoms with Gasteiger partial charge in [0, 0.05) is 12.1 Å². The third-order valence-corrected chi connectivity index (χ3v) is 3.76. The lowest BCUT2D eigenvalue weighted by molar-refractivity contribution is -0.0504. The molecular weight excluding hydrogens is 302 g/mol. The summed E-state index contributed by atoms with van der Waals surface area (Å²) in [6.07, 6.45) is 0. The first-order valence-electron chi connectivity index (χ1n) is 7.32. The fourth-order valence-electron chi connectivity index (χ4n) is 2.75. The maximum Gasteiger partial charge on any atom is 0.387 e. The van der Waals surface area contributed by atoms with Crippen molar-refractivity contribution in [3.05, 3.63) is 64.6 Å². The second kappa shape index (κ2) is 6.24. The Morgan fingerprint density at radius 3 is 2.26 bits per heavy atom. The van der Waals surface area contributed by atoms with Gasteiger partial charge in [0.2, 0.25) is 0 Å². The van der Waals surface area contributed by atoms with Crippen molar-refractivity contribution in [2.45, 2.75) is 26.6 Å². The molecule has 0 spiro atoms. The Hall–Kier alpha value is -2.63. The van der Waals surface area contributed by atoms with Crippen LogP contribution in [-0.2, 0) is 13.1 Å². The van der Waals surface area contributed by atoms with Gasteiger partial charge in [-0.3, -0.25) is 9.13 Å². The standard InChI is InChI=1S/C17H16F2N2O2/c1-2-20-13-8-4-5-9-14(13)21(17(20)22)11-12-7-3-6-10-15(12)23-16(18)19/h3-10,16H,2,11H2,1H3. The Labute approximate surface area is 131 Å². The van der Waals surface area contributed by atoms with Gasteiger partial charge in [0.25, 0.3) is 0 Å². The average Bonchev–Trinajstić information content (AvgIpc) is 2.80. The summed E-state index contributed by atoms with van der Waals surface area (Å²) in [4.78, 5) is 12.6. The summed E-state index contributed by atoms with van der Waals surface area (Å²) in [5.74, 6) is 0.0859. The molecule has 0 aliphatic heterocycles. The highest BCUT2D eigenvalue weighted by Gasteiger charge is 2.15. The maximum atomic E-state index is 12.6. The molecule has 2 aromatic carbocycles. The summed E-state index contributed by atoms with van der Waals surface area (Å²) < 4.78 is 32.9. The molecule has 0 aliphatic rings. The van der Waals surface area contributed by atoms with Gasteiger partial charge in [-0.05, 0) is 25.1 Å². The second-order valence-corrected chi connectivity index (χ2v) is 5.09. The van der Waals surface area contributed by atoms with E-state index < -0.39 is 6.61 Å². The fraction of sp³-hybridized carbons (Fsp3) is 0.235. The molecule has 4 nitrogen and oxygen atoms in total. The maximum absolute atomic E-state index is 12.6. The van der Waals surface area contributed by atoms with Crippen LogP contribution in [0.25, 0.3) is 11.0 Å². The Bertz CT molecular complexity index is 884. The zero-order valence-corrected chi connectivity index (χ0v) is 12.6. The van der Waals surface area contributed by atoms with Crippen LogP contribution in [0, 0.1) is 0 Å². The van der Waals surface area contributed by atoms with Crippen LogP contribution in [0.3, 0.4) is 0 Å². The Morgan fingerprint density at radius 1 is 1.00 bits per heavy atom. The Balaban J connectivity index is 2.10. The molecule has 0 radical (unpaired) electrons. The van der Waals surface area contributed by atoms with Crippen LogP contribution in [-0.4, -0.2) is 15.7 Å². The fourth-order valence-corrected chi connectivity index (χ4v) is 2.75. The number of aromatic nitrogens is 2. The van der Waals surface area contributed by atoms with Crippen molar-refractivity contribution < 1.29 is 13.5 Å². The van der Waals surface area contributed by atoms with Gasteiger partial charge in [-0.15, -0.1) is 0 Å². The molecule has 1 heterocycles. The van der Waals surface area contributed by atoms with Gasteiger partial charge in [-0.25, -0.2) is 4.79 Å². The van der Waals surface area contributed by atoms with E-state index in [1.807, 2.05) is 31.2 Å². The molecule has 6 heteroatoms. The number of imidazole rings is 1. The highest BCUT2D eigenvalue weighted by molar-refractivity contribution is 5.76. The predicted molar refractivity (Wildman–Crippen MR) is 84.0 cm³/mol. The summed E-state index contributed by atoms with van der Waals surface area (Å²) in [6, 6.07) is 14.0. The number of fused-ring (bicyclic) bond motifs is 1. The number of aryl methyl sites for hydroxylation is 1. The summed E-state index contributed by atoms with van der Waals surface area (Å²) in [6.45, 7) is -0.284. The van der Waals surface area contributed by atoms with Crippen LogP contribution in [0.4, 0.5) is 8.78 Å². The number of rotatable bonds is 5. The van der Waals surface area contributed by atoms with E-state index in [9.17, 15) is 13.6 Å². The number of benzene rings is 2. The molecule has 0 aliphatic carbocycles. The van der Waals surface area contributed by atoms with E-state index in [1.54, 1.807) is 27.3 Å². The number of hydrogen-bond donors (Lipinski definition) is 0. The summed E-state index contributed by atoms with van der Waals surface area (Å²) in [5.41, 5.74) is 1.97. The van der Waals surface area contributed by atoms with E-state index in [0.717, 1.165) is 11.0 Å². The number of halogens is 2. The molecule has 120 valence electrons. The van der Waals surface area contributed by atoms with Gasteiger partial charge < -0.3 is 4.74 Å². The van der Waals surface area contributed by atoms with Gasteiger partial charge in [-0.1, -0.05) is 30.3 Å². The molecule has 0 bridgehead atoms. The quantitative estimate of drug-likeness (QED) is 0.722. The molecule has 1 aromatic heterocycles. The van der Waals surface area contributed by atoms with Crippen molar-refractivity contribution >= 4 is 11.0 Å². The van der Waals surface area contributed by atoms with Gasteiger partial charge in [-0.2, -0.15) is 8.78 Å². The number of para-hydroxylation sites is 3. The molecule has 0 saturated carbocycles. The molecule has 0 amide bonds. The van der Waals surface area contributed by atoms with E-state index in [-0.39, 0.29) is 18.0 Å². The minimum atomic E-state index is -2.90. The van der Waals surface area contributed by atoms with Crippen molar-refractivity contribution in [3.63, 3.8) is 0 Å². The molecule has 0 saturated heterocycles. The monoisotopic (exact) mass is 318 g/mol. The smallest absolute Gasteiger partial charge is 0.387 e. The first-order valence-corrected chi connectivity index (χ1v) is 7.32. The van der Waals surface area contributed by atoms with E-state index in [1.165, 1.54) is 6.07 Å². The van der Waals surface area contributed by atoms with Crippen molar-refractivity contribution in [2.75, 3.05) is 0 Å².